The van der Waals surface area contributed by atoms with Crippen LogP contribution in [0.4, 0.5) is 0 Å². The van der Waals surface area contributed by atoms with Gasteiger partial charge in [0.05, 0.1) is 36.6 Å². The van der Waals surface area contributed by atoms with Crippen LogP contribution in [0.2, 0.25) is 0 Å². The van der Waals surface area contributed by atoms with Gasteiger partial charge in [-0.1, -0.05) is 80.9 Å². The molecule has 1 aliphatic heterocycles. The summed E-state index contributed by atoms with van der Waals surface area (Å²) in [6, 6.07) is 9.96. The van der Waals surface area contributed by atoms with Crippen molar-refractivity contribution in [1.82, 2.24) is 15.0 Å². The van der Waals surface area contributed by atoms with Crippen LogP contribution >= 0.6 is 0 Å². The van der Waals surface area contributed by atoms with E-state index in [1.54, 1.807) is 4.80 Å². The quantitative estimate of drug-likeness (QED) is 0.0424. The molecule has 4 rings (SSSR count). The summed E-state index contributed by atoms with van der Waals surface area (Å²) in [4.78, 5) is 59.3. The standard InChI is InChI=1S/C52H77N3O8/c1-16-18-19-24-52(33(5)6,46(49(59)62-35(9)10)45(50(13,14)17-2)48(58)61-34(7)8)51(15)30-37(12)47(57)60-25-20-21-44(56)63-43-29-39(31-51)36(11)27-42(43)55-53-40-23-22-38(26-32(3)4)28-41(40)54-55/h16,22-23,27-29,32-35,37,45-46H,1,17-21,24-26,30-31H2,2-15H3. The highest BCUT2D eigenvalue weighted by Gasteiger charge is 2.63. The minimum absolute atomic E-state index is 0.0373. The Balaban J connectivity index is 2.12. The van der Waals surface area contributed by atoms with Gasteiger partial charge in [-0.25, -0.2) is 0 Å². The van der Waals surface area contributed by atoms with E-state index in [0.29, 0.717) is 61.4 Å². The van der Waals surface area contributed by atoms with Crippen molar-refractivity contribution in [3.05, 3.63) is 59.7 Å². The largest absolute Gasteiger partial charge is 0.465 e. The number of hydrogen-bond donors (Lipinski definition) is 0. The van der Waals surface area contributed by atoms with Crippen molar-refractivity contribution in [3.8, 4) is 11.4 Å². The fraction of sp³-hybridized carbons (Fsp3) is 0.654. The number of carbonyl (C=O) groups excluding carboxylic acids is 4. The van der Waals surface area contributed by atoms with Crippen LogP contribution in [0.1, 0.15) is 152 Å². The second-order valence-electron chi connectivity index (χ2n) is 20.4. The highest BCUT2D eigenvalue weighted by Crippen LogP contribution is 2.63. The van der Waals surface area contributed by atoms with Crippen LogP contribution in [0.25, 0.3) is 16.7 Å². The molecule has 2 heterocycles. The zero-order valence-corrected chi connectivity index (χ0v) is 40.9. The number of carbonyl (C=O) groups is 4. The molecule has 5 unspecified atom stereocenters. The van der Waals surface area contributed by atoms with Gasteiger partial charge in [-0.2, -0.15) is 0 Å². The van der Waals surface area contributed by atoms with Crippen LogP contribution in [-0.4, -0.2) is 57.7 Å². The maximum Gasteiger partial charge on any atom is 0.311 e. The lowest BCUT2D eigenvalue weighted by atomic mass is 9.44. The van der Waals surface area contributed by atoms with Gasteiger partial charge in [0.1, 0.15) is 16.7 Å². The Hall–Kier alpha value is -4.54. The molecule has 0 amide bonds. The Kier molecular flexibility index (Phi) is 17.4. The number of ether oxygens (including phenoxy) is 4. The lowest BCUT2D eigenvalue weighted by Gasteiger charge is -2.59. The van der Waals surface area contributed by atoms with E-state index in [1.807, 2.05) is 86.6 Å². The van der Waals surface area contributed by atoms with Crippen LogP contribution < -0.4 is 4.74 Å². The van der Waals surface area contributed by atoms with Crippen molar-refractivity contribution in [3.63, 3.8) is 0 Å². The lowest BCUT2D eigenvalue weighted by molar-refractivity contribution is -0.193. The van der Waals surface area contributed by atoms with Crippen molar-refractivity contribution in [1.29, 1.82) is 0 Å². The molecule has 1 aromatic heterocycles. The topological polar surface area (TPSA) is 136 Å². The molecule has 2 bridgehead atoms. The number of aromatic nitrogens is 3. The molecule has 1 aliphatic rings. The number of nitrogens with zero attached hydrogens (tertiary/aromatic N) is 3. The van der Waals surface area contributed by atoms with Crippen molar-refractivity contribution in [2.24, 2.45) is 45.8 Å². The Morgan fingerprint density at radius 2 is 1.60 bits per heavy atom. The molecule has 63 heavy (non-hydrogen) atoms. The summed E-state index contributed by atoms with van der Waals surface area (Å²) in [6.07, 6.45) is 5.32. The third-order valence-corrected chi connectivity index (χ3v) is 13.5. The average Bonchev–Trinajstić information content (AvgIpc) is 3.60. The van der Waals surface area contributed by atoms with E-state index in [1.165, 1.54) is 0 Å². The predicted molar refractivity (Wildman–Crippen MR) is 248 cm³/mol. The number of esters is 4. The highest BCUT2D eigenvalue weighted by atomic mass is 16.6. The van der Waals surface area contributed by atoms with E-state index in [4.69, 9.17) is 29.1 Å². The minimum Gasteiger partial charge on any atom is -0.465 e. The molecule has 11 nitrogen and oxygen atoms in total. The second kappa shape index (κ2) is 21.4. The van der Waals surface area contributed by atoms with Gasteiger partial charge in [0, 0.05) is 6.42 Å². The Bertz CT molecular complexity index is 2080. The average molecular weight is 872 g/mol. The lowest BCUT2D eigenvalue weighted by Crippen LogP contribution is -2.59. The molecule has 5 atom stereocenters. The summed E-state index contributed by atoms with van der Waals surface area (Å²) >= 11 is 0. The maximum absolute atomic E-state index is 15.3. The van der Waals surface area contributed by atoms with Crippen LogP contribution in [0.15, 0.2) is 43.0 Å². The number of cyclic esters (lactones) is 1. The number of aryl methyl sites for hydroxylation is 1. The summed E-state index contributed by atoms with van der Waals surface area (Å²) in [6.45, 7) is 32.1. The summed E-state index contributed by atoms with van der Waals surface area (Å²) in [7, 11) is 0. The predicted octanol–water partition coefficient (Wildman–Crippen LogP) is 11.3. The van der Waals surface area contributed by atoms with E-state index in [9.17, 15) is 14.4 Å². The molecular formula is C52H77N3O8. The first-order chi connectivity index (χ1) is 29.5. The monoisotopic (exact) mass is 872 g/mol. The number of unbranched alkanes of at least 4 members (excludes halogenated alkanes) is 1. The van der Waals surface area contributed by atoms with Gasteiger partial charge in [-0.3, -0.25) is 19.2 Å². The molecule has 0 saturated heterocycles. The van der Waals surface area contributed by atoms with E-state index < -0.39 is 64.1 Å². The third kappa shape index (κ3) is 12.0. The number of allylic oxidation sites excluding steroid dienone is 1. The highest BCUT2D eigenvalue weighted by molar-refractivity contribution is 5.84. The fourth-order valence-corrected chi connectivity index (χ4v) is 10.2. The molecule has 0 N–H and O–H groups in total. The van der Waals surface area contributed by atoms with Crippen molar-refractivity contribution < 1.29 is 38.1 Å². The molecule has 348 valence electrons. The van der Waals surface area contributed by atoms with E-state index >= 15 is 4.79 Å². The Morgan fingerprint density at radius 1 is 0.968 bits per heavy atom. The van der Waals surface area contributed by atoms with Gasteiger partial charge in [-0.05, 0) is 149 Å². The zero-order chi connectivity index (χ0) is 47.0. The summed E-state index contributed by atoms with van der Waals surface area (Å²) < 4.78 is 24.4. The smallest absolute Gasteiger partial charge is 0.311 e. The van der Waals surface area contributed by atoms with E-state index in [2.05, 4.69) is 53.3 Å². The maximum atomic E-state index is 15.3. The van der Waals surface area contributed by atoms with Gasteiger partial charge in [-0.15, -0.1) is 21.6 Å². The molecule has 11 heteroatoms. The van der Waals surface area contributed by atoms with Crippen molar-refractivity contribution >= 4 is 34.9 Å². The van der Waals surface area contributed by atoms with Crippen LogP contribution in [0, 0.1) is 52.8 Å². The second-order valence-corrected chi connectivity index (χ2v) is 20.4. The Morgan fingerprint density at radius 3 is 2.19 bits per heavy atom. The molecule has 0 spiro atoms. The first kappa shape index (κ1) is 51.1. The number of benzene rings is 2. The van der Waals surface area contributed by atoms with Gasteiger partial charge in [0.2, 0.25) is 0 Å². The molecule has 3 aromatic rings. The SMILES string of the molecule is C=CCCCC(C(C)C)(C(C(=O)OC(C)C)C(C(=O)OC(C)C)C(C)(C)CC)C1(C)Cc2cc(c(-n3nc4ccc(CC(C)C)cc4n3)cc2C)OC(=O)CCCOC(=O)C(C)C1. The van der Waals surface area contributed by atoms with Gasteiger partial charge in [0.25, 0.3) is 0 Å². The molecule has 0 saturated carbocycles. The van der Waals surface area contributed by atoms with Crippen LogP contribution in [0.5, 0.6) is 5.75 Å². The van der Waals surface area contributed by atoms with Gasteiger partial charge in [0.15, 0.2) is 5.75 Å². The minimum atomic E-state index is -0.990. The summed E-state index contributed by atoms with van der Waals surface area (Å²) in [5.41, 5.74) is 2.28. The first-order valence-corrected chi connectivity index (χ1v) is 23.4. The fourth-order valence-electron chi connectivity index (χ4n) is 10.2. The molecular weight excluding hydrogens is 795 g/mol. The normalized spacial score (nSPS) is 19.9. The van der Waals surface area contributed by atoms with Gasteiger partial charge < -0.3 is 18.9 Å². The Labute approximate surface area is 377 Å². The zero-order valence-electron chi connectivity index (χ0n) is 40.9. The van der Waals surface area contributed by atoms with Crippen molar-refractivity contribution in [2.75, 3.05) is 6.61 Å². The van der Waals surface area contributed by atoms with E-state index in [-0.39, 0.29) is 31.3 Å². The molecule has 2 aromatic carbocycles. The summed E-state index contributed by atoms with van der Waals surface area (Å²) in [5.74, 6) is -3.72. The molecule has 0 aliphatic carbocycles. The third-order valence-electron chi connectivity index (χ3n) is 13.5. The molecule has 0 fully saturated rings. The first-order valence-electron chi connectivity index (χ1n) is 23.4. The number of fused-ring (bicyclic) bond motifs is 3. The van der Waals surface area contributed by atoms with Crippen LogP contribution in [0.3, 0.4) is 0 Å². The number of rotatable bonds is 17. The van der Waals surface area contributed by atoms with Crippen molar-refractivity contribution in [2.45, 2.75) is 167 Å². The summed E-state index contributed by atoms with van der Waals surface area (Å²) in [5, 5.41) is 9.74. The molecule has 0 radical (unpaired) electrons. The van der Waals surface area contributed by atoms with Crippen LogP contribution in [-0.2, 0) is 46.2 Å². The van der Waals surface area contributed by atoms with E-state index in [0.717, 1.165) is 28.6 Å². The van der Waals surface area contributed by atoms with Gasteiger partial charge >= 0.3 is 23.9 Å². The number of hydrogen-bond acceptors (Lipinski definition) is 10.